The van der Waals surface area contributed by atoms with Crippen molar-refractivity contribution in [3.05, 3.63) is 0 Å². The molecule has 4 nitrogen and oxygen atoms in total. The fraction of sp³-hybridized carbons (Fsp3) is 0. The smallest absolute Gasteiger partial charge is 0.297 e. The molecule has 40 valence electrons. The van der Waals surface area contributed by atoms with Crippen LogP contribution < -0.4 is 10.5 Å². The second-order valence-electron chi connectivity index (χ2n) is 0.657. The van der Waals surface area contributed by atoms with Gasteiger partial charge in [0.05, 0.1) is 0 Å². The summed E-state index contributed by atoms with van der Waals surface area (Å²) in [4.78, 5) is 19.1. The van der Waals surface area contributed by atoms with Gasteiger partial charge in [-0.25, -0.2) is 0 Å². The Balaban J connectivity index is 2.97. The van der Waals surface area contributed by atoms with E-state index >= 15 is 0 Å². The summed E-state index contributed by atoms with van der Waals surface area (Å²) < 4.78 is 2.01. The average molecular weight is 120 g/mol. The van der Waals surface area contributed by atoms with Crippen LogP contribution in [0.1, 0.15) is 0 Å². The monoisotopic (exact) mass is 120 g/mol. The molecule has 0 aromatic heterocycles. The predicted molar refractivity (Wildman–Crippen MR) is 26.4 cm³/mol. The van der Waals surface area contributed by atoms with Gasteiger partial charge in [0.2, 0.25) is 6.41 Å². The zero-order valence-corrected chi connectivity index (χ0v) is 4.20. The van der Waals surface area contributed by atoms with E-state index < -0.39 is 5.24 Å². The van der Waals surface area contributed by atoms with E-state index in [0.717, 1.165) is 0 Å². The third-order valence-corrected chi connectivity index (χ3v) is 0.623. The molecule has 0 aromatic rings. The van der Waals surface area contributed by atoms with E-state index in [4.69, 9.17) is 0 Å². The lowest BCUT2D eigenvalue weighted by atomic mass is 11.5. The highest BCUT2D eigenvalue weighted by atomic mass is 32.2. The molecule has 0 aromatic carbocycles. The second kappa shape index (κ2) is 3.48. The Morgan fingerprint density at radius 2 is 2.43 bits per heavy atom. The maximum Gasteiger partial charge on any atom is 0.297 e. The van der Waals surface area contributed by atoms with Crippen molar-refractivity contribution in [2.24, 2.45) is 5.73 Å². The first-order chi connectivity index (χ1) is 3.27. The minimum Gasteiger partial charge on any atom is -0.359 e. The summed E-state index contributed by atoms with van der Waals surface area (Å²) in [6, 6.07) is 0. The Morgan fingerprint density at radius 1 is 1.86 bits per heavy atom. The van der Waals surface area contributed by atoms with Crippen molar-refractivity contribution >= 4 is 23.6 Å². The third kappa shape index (κ3) is 5.29. The lowest BCUT2D eigenvalue weighted by Crippen LogP contribution is -2.10. The maximum atomic E-state index is 9.72. The second-order valence-corrected chi connectivity index (χ2v) is 1.50. The van der Waals surface area contributed by atoms with Crippen molar-refractivity contribution < 1.29 is 9.59 Å². The van der Waals surface area contributed by atoms with Gasteiger partial charge in [0.25, 0.3) is 5.24 Å². The van der Waals surface area contributed by atoms with Crippen LogP contribution in [0.4, 0.5) is 4.79 Å². The summed E-state index contributed by atoms with van der Waals surface area (Å²) in [6.45, 7) is 0. The molecule has 0 radical (unpaired) electrons. The van der Waals surface area contributed by atoms with Crippen LogP contribution in [0, 0.1) is 0 Å². The summed E-state index contributed by atoms with van der Waals surface area (Å²) in [5, 5.41) is -0.618. The highest BCUT2D eigenvalue weighted by molar-refractivity contribution is 8.12. The molecule has 0 saturated heterocycles. The Morgan fingerprint density at radius 3 is 2.57 bits per heavy atom. The molecule has 3 N–H and O–H groups in total. The molecule has 0 bridgehead atoms. The van der Waals surface area contributed by atoms with Gasteiger partial charge in [-0.1, -0.05) is 0 Å². The fourth-order valence-corrected chi connectivity index (χ4v) is 0.246. The van der Waals surface area contributed by atoms with Gasteiger partial charge in [0.1, 0.15) is 0 Å². The molecule has 0 rings (SSSR count). The zero-order valence-electron chi connectivity index (χ0n) is 3.38. The maximum absolute atomic E-state index is 9.72. The molecule has 0 saturated carbocycles. The van der Waals surface area contributed by atoms with Gasteiger partial charge in [-0.15, -0.1) is 0 Å². The summed E-state index contributed by atoms with van der Waals surface area (Å²) >= 11 is 0.552. The number of nitrogens with two attached hydrogens (primary N) is 1. The fourth-order valence-electron chi connectivity index (χ4n) is 0.0821. The van der Waals surface area contributed by atoms with Gasteiger partial charge in [-0.05, 0) is 0 Å². The minimum absolute atomic E-state index is 0.384. The highest BCUT2D eigenvalue weighted by Gasteiger charge is 1.87. The molecule has 2 amide bonds. The number of carbonyl (C=O) groups is 2. The molecule has 0 fully saturated rings. The van der Waals surface area contributed by atoms with Crippen molar-refractivity contribution in [1.82, 2.24) is 4.72 Å². The van der Waals surface area contributed by atoms with E-state index in [1.165, 1.54) is 0 Å². The van der Waals surface area contributed by atoms with Gasteiger partial charge in [0, 0.05) is 11.9 Å². The first-order valence-corrected chi connectivity index (χ1v) is 2.24. The van der Waals surface area contributed by atoms with Crippen LogP contribution in [-0.2, 0) is 4.79 Å². The van der Waals surface area contributed by atoms with Crippen LogP contribution in [0.25, 0.3) is 0 Å². The van der Waals surface area contributed by atoms with Gasteiger partial charge >= 0.3 is 0 Å². The summed E-state index contributed by atoms with van der Waals surface area (Å²) in [7, 11) is 0. The van der Waals surface area contributed by atoms with Crippen LogP contribution in [-0.4, -0.2) is 11.6 Å². The Hall–Kier alpha value is -0.710. The molecule has 0 atom stereocenters. The lowest BCUT2D eigenvalue weighted by molar-refractivity contribution is -0.107. The Labute approximate surface area is 44.6 Å². The van der Waals surface area contributed by atoms with Crippen LogP contribution >= 0.6 is 11.9 Å². The average Bonchev–Trinajstić information content (AvgIpc) is 1.61. The van der Waals surface area contributed by atoms with Crippen LogP contribution in [0.15, 0.2) is 0 Å². The van der Waals surface area contributed by atoms with Crippen LogP contribution in [0.2, 0.25) is 0 Å². The standard InChI is InChI=1S/C2H4N2O2S/c3-2(6)7-4-1-5/h1H,(H2,3,6)(H,4,5). The molecule has 5 heteroatoms. The number of amides is 2. The molecule has 0 aliphatic heterocycles. The number of carbonyl (C=O) groups excluding carboxylic acids is 2. The zero-order chi connectivity index (χ0) is 5.70. The van der Waals surface area contributed by atoms with E-state index in [1.54, 1.807) is 0 Å². The van der Waals surface area contributed by atoms with E-state index in [-0.39, 0.29) is 0 Å². The van der Waals surface area contributed by atoms with Gasteiger partial charge < -0.3 is 5.73 Å². The van der Waals surface area contributed by atoms with Crippen molar-refractivity contribution in [3.63, 3.8) is 0 Å². The molecule has 7 heavy (non-hydrogen) atoms. The first-order valence-electron chi connectivity index (χ1n) is 1.43. The van der Waals surface area contributed by atoms with Gasteiger partial charge in [-0.3, -0.25) is 14.3 Å². The molecule has 0 aliphatic rings. The largest absolute Gasteiger partial charge is 0.359 e. The number of nitrogens with one attached hydrogen (secondary N) is 1. The van der Waals surface area contributed by atoms with E-state index in [9.17, 15) is 9.59 Å². The highest BCUT2D eigenvalue weighted by Crippen LogP contribution is 1.85. The Bertz CT molecular complexity index is 83.8. The van der Waals surface area contributed by atoms with E-state index in [1.807, 2.05) is 4.72 Å². The van der Waals surface area contributed by atoms with Crippen LogP contribution in [0.3, 0.4) is 0 Å². The van der Waals surface area contributed by atoms with Gasteiger partial charge in [0.15, 0.2) is 0 Å². The van der Waals surface area contributed by atoms with Crippen molar-refractivity contribution in [3.8, 4) is 0 Å². The number of rotatable bonds is 2. The minimum atomic E-state index is -0.618. The van der Waals surface area contributed by atoms with Crippen molar-refractivity contribution in [2.45, 2.75) is 0 Å². The SMILES string of the molecule is NC(=O)SNC=O. The quantitative estimate of drug-likeness (QED) is 0.379. The van der Waals surface area contributed by atoms with Crippen molar-refractivity contribution in [1.29, 1.82) is 0 Å². The number of hydrogen-bond donors (Lipinski definition) is 2. The molecule has 0 aliphatic carbocycles. The van der Waals surface area contributed by atoms with E-state index in [2.05, 4.69) is 5.73 Å². The van der Waals surface area contributed by atoms with Gasteiger partial charge in [-0.2, -0.15) is 0 Å². The summed E-state index contributed by atoms with van der Waals surface area (Å²) in [5.41, 5.74) is 4.58. The first kappa shape index (κ1) is 6.29. The van der Waals surface area contributed by atoms with Crippen LogP contribution in [0.5, 0.6) is 0 Å². The normalized spacial score (nSPS) is 7.43. The molecule has 0 heterocycles. The third-order valence-electron chi connectivity index (χ3n) is 0.208. The Kier molecular flexibility index (Phi) is 3.13. The molecular formula is C2H4N2O2S. The number of primary amides is 1. The number of hydrogen-bond acceptors (Lipinski definition) is 3. The van der Waals surface area contributed by atoms with Crippen molar-refractivity contribution in [2.75, 3.05) is 0 Å². The van der Waals surface area contributed by atoms with E-state index in [0.29, 0.717) is 18.4 Å². The predicted octanol–water partition coefficient (Wildman–Crippen LogP) is -0.541. The molecular weight excluding hydrogens is 116 g/mol. The topological polar surface area (TPSA) is 72.2 Å². The lowest BCUT2D eigenvalue weighted by Gasteiger charge is -1.84. The summed E-state index contributed by atoms with van der Waals surface area (Å²) in [6.07, 6.45) is 0.384. The molecule has 0 unspecified atom stereocenters. The molecule has 0 spiro atoms. The summed E-state index contributed by atoms with van der Waals surface area (Å²) in [5.74, 6) is 0.